The number of hydrogen-bond donors (Lipinski definition) is 2. The molecule has 22 heavy (non-hydrogen) atoms. The van der Waals surface area contributed by atoms with Crippen LogP contribution < -0.4 is 10.6 Å². The van der Waals surface area contributed by atoms with E-state index in [-0.39, 0.29) is 29.7 Å². The highest BCUT2D eigenvalue weighted by Gasteiger charge is 2.19. The first-order valence-corrected chi connectivity index (χ1v) is 9.88. The van der Waals surface area contributed by atoms with Gasteiger partial charge in [-0.15, -0.1) is 24.0 Å². The average molecular weight is 446 g/mol. The van der Waals surface area contributed by atoms with E-state index in [0.29, 0.717) is 18.5 Å². The lowest BCUT2D eigenvalue weighted by Gasteiger charge is -2.35. The van der Waals surface area contributed by atoms with E-state index in [1.165, 1.54) is 38.5 Å². The molecule has 1 rings (SSSR count). The molecule has 2 N–H and O–H groups in total. The molecule has 0 spiro atoms. The zero-order chi connectivity index (χ0) is 15.7. The van der Waals surface area contributed by atoms with Gasteiger partial charge in [-0.2, -0.15) is 0 Å². The highest BCUT2D eigenvalue weighted by molar-refractivity contribution is 14.0. The van der Waals surface area contributed by atoms with Crippen molar-refractivity contribution in [2.24, 2.45) is 4.99 Å². The number of likely N-dealkylation sites (tertiary alicyclic amines) is 1. The van der Waals surface area contributed by atoms with Gasteiger partial charge in [-0.1, -0.05) is 13.3 Å². The summed E-state index contributed by atoms with van der Waals surface area (Å²) in [6, 6.07) is 0.709. The first-order chi connectivity index (χ1) is 9.96. The van der Waals surface area contributed by atoms with E-state index >= 15 is 0 Å². The summed E-state index contributed by atoms with van der Waals surface area (Å²) in [6.07, 6.45) is 6.39. The highest BCUT2D eigenvalue weighted by atomic mass is 127. The topological polar surface area (TPSA) is 73.8 Å². The van der Waals surface area contributed by atoms with Gasteiger partial charge in [0.25, 0.3) is 0 Å². The molecule has 1 fully saturated rings. The maximum Gasteiger partial charge on any atom is 0.191 e. The van der Waals surface area contributed by atoms with E-state index in [0.717, 1.165) is 13.1 Å². The van der Waals surface area contributed by atoms with Crippen molar-refractivity contribution in [3.05, 3.63) is 0 Å². The number of halogens is 1. The summed E-state index contributed by atoms with van der Waals surface area (Å²) in [7, 11) is -1.23. The molecule has 1 aliphatic heterocycles. The summed E-state index contributed by atoms with van der Waals surface area (Å²) in [5.74, 6) is 0.793. The minimum absolute atomic E-state index is 0. The molecule has 0 aromatic carbocycles. The van der Waals surface area contributed by atoms with Gasteiger partial charge in [-0.3, -0.25) is 9.89 Å². The molecule has 0 aromatic rings. The van der Waals surface area contributed by atoms with E-state index in [2.05, 4.69) is 27.4 Å². The Bertz CT molecular complexity index is 429. The van der Waals surface area contributed by atoms with Crippen LogP contribution in [-0.4, -0.2) is 70.6 Å². The molecule has 0 aromatic heterocycles. The fourth-order valence-corrected chi connectivity index (χ4v) is 3.18. The van der Waals surface area contributed by atoms with E-state index in [9.17, 15) is 8.42 Å². The molecule has 1 atom stereocenters. The van der Waals surface area contributed by atoms with Crippen molar-refractivity contribution in [1.82, 2.24) is 15.5 Å². The number of nitrogens with one attached hydrogen (secondary N) is 2. The van der Waals surface area contributed by atoms with Gasteiger partial charge in [0, 0.05) is 39.0 Å². The van der Waals surface area contributed by atoms with Crippen molar-refractivity contribution in [3.8, 4) is 0 Å². The van der Waals surface area contributed by atoms with Crippen LogP contribution in [0.3, 0.4) is 0 Å². The average Bonchev–Trinajstić information content (AvgIpc) is 2.45. The molecule has 132 valence electrons. The van der Waals surface area contributed by atoms with Crippen molar-refractivity contribution in [2.75, 3.05) is 45.2 Å². The van der Waals surface area contributed by atoms with Crippen molar-refractivity contribution in [3.63, 3.8) is 0 Å². The van der Waals surface area contributed by atoms with Crippen LogP contribution in [0.4, 0.5) is 0 Å². The third-order valence-electron chi connectivity index (χ3n) is 3.90. The van der Waals surface area contributed by atoms with Crippen molar-refractivity contribution in [1.29, 1.82) is 0 Å². The Hall–Kier alpha value is -0.0900. The Labute approximate surface area is 152 Å². The van der Waals surface area contributed by atoms with E-state index < -0.39 is 9.84 Å². The fraction of sp³-hybridized carbons (Fsp3) is 0.929. The molecule has 0 bridgehead atoms. The van der Waals surface area contributed by atoms with Crippen LogP contribution in [0.15, 0.2) is 4.99 Å². The van der Waals surface area contributed by atoms with Gasteiger partial charge in [0.15, 0.2) is 5.96 Å². The van der Waals surface area contributed by atoms with Crippen LogP contribution in [0.1, 0.15) is 32.6 Å². The second-order valence-electron chi connectivity index (χ2n) is 5.65. The van der Waals surface area contributed by atoms with Crippen LogP contribution in [0, 0.1) is 0 Å². The summed E-state index contributed by atoms with van der Waals surface area (Å²) in [5.41, 5.74) is 0. The molecule has 0 aliphatic carbocycles. The Morgan fingerprint density at radius 2 is 1.95 bits per heavy atom. The first kappa shape index (κ1) is 21.9. The van der Waals surface area contributed by atoms with E-state index in [4.69, 9.17) is 0 Å². The molecule has 1 heterocycles. The van der Waals surface area contributed by atoms with Gasteiger partial charge >= 0.3 is 0 Å². The molecule has 1 aliphatic rings. The standard InChI is InChI=1S/C14H30N4O2S.HI/c1-4-13-7-5-6-10-18(13)11-8-16-14(15-2)17-9-12-21(3,19)20;/h13H,4-12H2,1-3H3,(H2,15,16,17);1H. The minimum atomic E-state index is -2.93. The largest absolute Gasteiger partial charge is 0.355 e. The molecule has 1 unspecified atom stereocenters. The third kappa shape index (κ3) is 9.14. The Kier molecular flexibility index (Phi) is 11.4. The minimum Gasteiger partial charge on any atom is -0.355 e. The lowest BCUT2D eigenvalue weighted by Crippen LogP contribution is -2.46. The Morgan fingerprint density at radius 3 is 2.55 bits per heavy atom. The molecule has 0 saturated carbocycles. The normalized spacial score (nSPS) is 20.3. The summed E-state index contributed by atoms with van der Waals surface area (Å²) in [6.45, 7) is 5.66. The summed E-state index contributed by atoms with van der Waals surface area (Å²) in [4.78, 5) is 6.65. The number of rotatable bonds is 7. The van der Waals surface area contributed by atoms with Crippen LogP contribution in [-0.2, 0) is 9.84 Å². The first-order valence-electron chi connectivity index (χ1n) is 7.82. The Morgan fingerprint density at radius 1 is 1.27 bits per heavy atom. The molecular formula is C14H31IN4O2S. The monoisotopic (exact) mass is 446 g/mol. The number of guanidine groups is 1. The predicted molar refractivity (Wildman–Crippen MR) is 104 cm³/mol. The third-order valence-corrected chi connectivity index (χ3v) is 4.85. The maximum absolute atomic E-state index is 11.1. The van der Waals surface area contributed by atoms with E-state index in [1.54, 1.807) is 7.05 Å². The molecule has 1 saturated heterocycles. The summed E-state index contributed by atoms with van der Waals surface area (Å²) < 4.78 is 22.2. The van der Waals surface area contributed by atoms with Crippen molar-refractivity contribution >= 4 is 39.8 Å². The molecule has 8 heteroatoms. The number of nitrogens with zero attached hydrogens (tertiary/aromatic N) is 2. The van der Waals surface area contributed by atoms with Crippen LogP contribution in [0.25, 0.3) is 0 Å². The number of hydrogen-bond acceptors (Lipinski definition) is 4. The molecule has 6 nitrogen and oxygen atoms in total. The summed E-state index contributed by atoms with van der Waals surface area (Å²) >= 11 is 0. The molecular weight excluding hydrogens is 415 g/mol. The van der Waals surface area contributed by atoms with E-state index in [1.807, 2.05) is 0 Å². The molecule has 0 radical (unpaired) electrons. The van der Waals surface area contributed by atoms with Crippen molar-refractivity contribution in [2.45, 2.75) is 38.6 Å². The number of piperidine rings is 1. The van der Waals surface area contributed by atoms with Crippen molar-refractivity contribution < 1.29 is 8.42 Å². The zero-order valence-corrected chi connectivity index (χ0v) is 17.1. The van der Waals surface area contributed by atoms with Gasteiger partial charge in [0.05, 0.1) is 5.75 Å². The maximum atomic E-state index is 11.1. The Balaban J connectivity index is 0.00000441. The fourth-order valence-electron chi connectivity index (χ4n) is 2.71. The lowest BCUT2D eigenvalue weighted by atomic mass is 10.0. The molecule has 0 amide bonds. The van der Waals surface area contributed by atoms with Gasteiger partial charge in [0.1, 0.15) is 9.84 Å². The smallest absolute Gasteiger partial charge is 0.191 e. The van der Waals surface area contributed by atoms with Gasteiger partial charge < -0.3 is 10.6 Å². The van der Waals surface area contributed by atoms with Crippen LogP contribution in [0.2, 0.25) is 0 Å². The number of aliphatic imine (C=N–C) groups is 1. The number of sulfone groups is 1. The second kappa shape index (κ2) is 11.4. The second-order valence-corrected chi connectivity index (χ2v) is 7.91. The predicted octanol–water partition coefficient (Wildman–Crippen LogP) is 1.08. The lowest BCUT2D eigenvalue weighted by molar-refractivity contribution is 0.147. The van der Waals surface area contributed by atoms with Crippen LogP contribution in [0.5, 0.6) is 0 Å². The quantitative estimate of drug-likeness (QED) is 0.348. The van der Waals surface area contributed by atoms with Gasteiger partial charge in [0.2, 0.25) is 0 Å². The SMILES string of the molecule is CCC1CCCCN1CCNC(=NC)NCCS(C)(=O)=O.I. The van der Waals surface area contributed by atoms with Gasteiger partial charge in [-0.25, -0.2) is 8.42 Å². The van der Waals surface area contributed by atoms with Gasteiger partial charge in [-0.05, 0) is 25.8 Å². The van der Waals surface area contributed by atoms with Crippen LogP contribution >= 0.6 is 24.0 Å². The zero-order valence-electron chi connectivity index (χ0n) is 14.0. The summed E-state index contributed by atoms with van der Waals surface area (Å²) in [5, 5.41) is 6.28. The highest BCUT2D eigenvalue weighted by Crippen LogP contribution is 2.18.